The summed E-state index contributed by atoms with van der Waals surface area (Å²) in [6.45, 7) is 2.52. The van der Waals surface area contributed by atoms with Crippen LogP contribution < -0.4 is 5.32 Å². The fraction of sp³-hybridized carbons (Fsp3) is 0.857. The molecule has 47 heavy (non-hydrogen) atoms. The summed E-state index contributed by atoms with van der Waals surface area (Å²) in [5.41, 5.74) is 0. The average Bonchev–Trinajstić information content (AvgIpc) is 3.04. The highest BCUT2D eigenvalue weighted by Gasteiger charge is 2.28. The molecule has 0 saturated carbocycles. The van der Waals surface area contributed by atoms with Gasteiger partial charge in [0.15, 0.2) is 6.04 Å². The van der Waals surface area contributed by atoms with Gasteiger partial charge in [0.25, 0.3) is 0 Å². The van der Waals surface area contributed by atoms with Gasteiger partial charge in [-0.1, -0.05) is 122 Å². The van der Waals surface area contributed by atoms with Gasteiger partial charge in [0.05, 0.1) is 13.2 Å². The minimum absolute atomic E-state index is 0.149. The normalized spacial score (nSPS) is 14.1. The van der Waals surface area contributed by atoms with E-state index < -0.39 is 57.6 Å². The minimum atomic E-state index is -4.74. The smallest absolute Gasteiger partial charge is 0.472 e. The van der Waals surface area contributed by atoms with Crippen LogP contribution in [0.25, 0.3) is 0 Å². The number of nitrogens with one attached hydrogen (secondary N) is 1. The SMILES string of the molecule is CCCCC/C=C\CCCCCCCC(=O)OCC(O)COP(=O)(O)OCC(NC(=O)CCCCCCCCCCCCC)C(=O)O. The Morgan fingerprint density at radius 1 is 0.660 bits per heavy atom. The molecule has 3 unspecified atom stereocenters. The Hall–Kier alpha value is -1.78. The zero-order chi connectivity index (χ0) is 35.0. The van der Waals surface area contributed by atoms with Crippen molar-refractivity contribution in [2.45, 2.75) is 174 Å². The summed E-state index contributed by atoms with van der Waals surface area (Å²) < 4.78 is 26.6. The summed E-state index contributed by atoms with van der Waals surface area (Å²) in [5.74, 6) is -2.38. The number of hydrogen-bond acceptors (Lipinski definition) is 8. The van der Waals surface area contributed by atoms with Crippen LogP contribution in [-0.4, -0.2) is 64.9 Å². The van der Waals surface area contributed by atoms with Gasteiger partial charge in [0.2, 0.25) is 5.91 Å². The third-order valence-corrected chi connectivity index (χ3v) is 8.76. The molecule has 0 aliphatic heterocycles. The van der Waals surface area contributed by atoms with Crippen LogP contribution in [0.15, 0.2) is 12.2 Å². The zero-order valence-electron chi connectivity index (χ0n) is 29.3. The molecular weight excluding hydrogens is 625 g/mol. The fourth-order valence-corrected chi connectivity index (χ4v) is 5.67. The summed E-state index contributed by atoms with van der Waals surface area (Å²) in [7, 11) is -4.74. The molecule has 276 valence electrons. The summed E-state index contributed by atoms with van der Waals surface area (Å²) >= 11 is 0. The number of carboxylic acids is 1. The molecule has 12 heteroatoms. The van der Waals surface area contributed by atoms with Crippen molar-refractivity contribution in [1.29, 1.82) is 0 Å². The lowest BCUT2D eigenvalue weighted by Gasteiger charge is -2.18. The number of carbonyl (C=O) groups is 3. The summed E-state index contributed by atoms with van der Waals surface area (Å²) in [4.78, 5) is 45.5. The molecular formula is C35H66NO10P. The average molecular weight is 692 g/mol. The maximum Gasteiger partial charge on any atom is 0.472 e. The molecule has 0 fully saturated rings. The van der Waals surface area contributed by atoms with Gasteiger partial charge in [-0.05, 0) is 38.5 Å². The van der Waals surface area contributed by atoms with Gasteiger partial charge >= 0.3 is 19.8 Å². The number of phosphoric ester groups is 1. The molecule has 0 rings (SSSR count). The molecule has 3 atom stereocenters. The summed E-state index contributed by atoms with van der Waals surface area (Å²) in [6.07, 6.45) is 26.8. The van der Waals surface area contributed by atoms with Crippen LogP contribution in [0.1, 0.15) is 162 Å². The maximum absolute atomic E-state index is 12.2. The molecule has 0 aliphatic rings. The first-order chi connectivity index (χ1) is 22.6. The predicted molar refractivity (Wildman–Crippen MR) is 185 cm³/mol. The highest BCUT2D eigenvalue weighted by atomic mass is 31.2. The summed E-state index contributed by atoms with van der Waals surface area (Å²) in [6, 6.07) is -1.54. The lowest BCUT2D eigenvalue weighted by atomic mass is 10.1. The Labute approximate surface area is 284 Å². The highest BCUT2D eigenvalue weighted by Crippen LogP contribution is 2.43. The maximum atomic E-state index is 12.2. The minimum Gasteiger partial charge on any atom is -0.480 e. The van der Waals surface area contributed by atoms with Crippen molar-refractivity contribution in [3.63, 3.8) is 0 Å². The number of aliphatic hydroxyl groups is 1. The largest absolute Gasteiger partial charge is 0.480 e. The van der Waals surface area contributed by atoms with Gasteiger partial charge < -0.3 is 25.2 Å². The van der Waals surface area contributed by atoms with Crippen molar-refractivity contribution < 1.29 is 47.8 Å². The van der Waals surface area contributed by atoms with E-state index in [1.54, 1.807) is 0 Å². The second-order valence-corrected chi connectivity index (χ2v) is 13.9. The molecule has 0 bridgehead atoms. The van der Waals surface area contributed by atoms with E-state index in [9.17, 15) is 34.1 Å². The van der Waals surface area contributed by atoms with Crippen LogP contribution in [-0.2, 0) is 32.7 Å². The number of phosphoric acid groups is 1. The van der Waals surface area contributed by atoms with Crippen molar-refractivity contribution in [2.75, 3.05) is 19.8 Å². The van der Waals surface area contributed by atoms with E-state index in [1.165, 1.54) is 64.2 Å². The Bertz CT molecular complexity index is 869. The molecule has 1 amide bonds. The molecule has 0 radical (unpaired) electrons. The lowest BCUT2D eigenvalue weighted by molar-refractivity contribution is -0.147. The van der Waals surface area contributed by atoms with Crippen LogP contribution in [0.3, 0.4) is 0 Å². The van der Waals surface area contributed by atoms with Gasteiger partial charge in [-0.2, -0.15) is 0 Å². The zero-order valence-corrected chi connectivity index (χ0v) is 30.2. The molecule has 11 nitrogen and oxygen atoms in total. The number of aliphatic hydroxyl groups excluding tert-OH is 1. The van der Waals surface area contributed by atoms with E-state index in [1.807, 2.05) is 0 Å². The number of allylic oxidation sites excluding steroid dienone is 2. The van der Waals surface area contributed by atoms with Crippen molar-refractivity contribution in [2.24, 2.45) is 0 Å². The predicted octanol–water partition coefficient (Wildman–Crippen LogP) is 8.16. The topological polar surface area (TPSA) is 169 Å². The number of hydrogen-bond donors (Lipinski definition) is 4. The summed E-state index contributed by atoms with van der Waals surface area (Å²) in [5, 5.41) is 21.7. The fourth-order valence-electron chi connectivity index (χ4n) is 4.90. The lowest BCUT2D eigenvalue weighted by Crippen LogP contribution is -2.43. The standard InChI is InChI=1S/C35H66NO10P/c1-3-5-7-9-11-13-15-17-19-21-23-25-27-34(39)44-28-31(37)29-45-47(42,43)46-30-32(35(40)41)36-33(38)26-24-22-20-18-16-14-12-10-8-6-4-2/h11,13,31-32,37H,3-10,12,14-30H2,1-2H3,(H,36,38)(H,40,41)(H,42,43)/b13-11-. The van der Waals surface area contributed by atoms with Crippen LogP contribution >= 0.6 is 7.82 Å². The van der Waals surface area contributed by atoms with Gasteiger partial charge in [0.1, 0.15) is 12.7 Å². The van der Waals surface area contributed by atoms with Crippen LogP contribution in [0.2, 0.25) is 0 Å². The highest BCUT2D eigenvalue weighted by molar-refractivity contribution is 7.47. The van der Waals surface area contributed by atoms with Crippen LogP contribution in [0.5, 0.6) is 0 Å². The van der Waals surface area contributed by atoms with Crippen molar-refractivity contribution in [1.82, 2.24) is 5.32 Å². The number of ether oxygens (including phenoxy) is 1. The Balaban J connectivity index is 3.99. The monoisotopic (exact) mass is 691 g/mol. The first kappa shape index (κ1) is 45.2. The molecule has 0 heterocycles. The molecule has 0 aromatic rings. The van der Waals surface area contributed by atoms with E-state index in [2.05, 4.69) is 31.3 Å². The second-order valence-electron chi connectivity index (χ2n) is 12.4. The van der Waals surface area contributed by atoms with Gasteiger partial charge in [0, 0.05) is 12.8 Å². The van der Waals surface area contributed by atoms with Crippen molar-refractivity contribution in [3.8, 4) is 0 Å². The Kier molecular flexibility index (Phi) is 30.3. The number of carboxylic acid groups (broad SMARTS) is 1. The van der Waals surface area contributed by atoms with E-state index in [0.717, 1.165) is 57.8 Å². The number of esters is 1. The number of aliphatic carboxylic acids is 1. The van der Waals surface area contributed by atoms with Gasteiger partial charge in [-0.15, -0.1) is 0 Å². The molecule has 0 aromatic heterocycles. The van der Waals surface area contributed by atoms with E-state index in [0.29, 0.717) is 12.8 Å². The number of amides is 1. The van der Waals surface area contributed by atoms with Gasteiger partial charge in [-0.25, -0.2) is 9.36 Å². The number of unbranched alkanes of at least 4 members (excludes halogenated alkanes) is 18. The second kappa shape index (κ2) is 31.5. The van der Waals surface area contributed by atoms with Crippen molar-refractivity contribution in [3.05, 3.63) is 12.2 Å². The van der Waals surface area contributed by atoms with E-state index in [4.69, 9.17) is 13.8 Å². The molecule has 0 aromatic carbocycles. The van der Waals surface area contributed by atoms with Gasteiger partial charge in [-0.3, -0.25) is 18.6 Å². The van der Waals surface area contributed by atoms with E-state index in [-0.39, 0.29) is 12.8 Å². The van der Waals surface area contributed by atoms with E-state index >= 15 is 0 Å². The molecule has 0 aliphatic carbocycles. The quantitative estimate of drug-likeness (QED) is 0.0224. The van der Waals surface area contributed by atoms with Crippen LogP contribution in [0.4, 0.5) is 0 Å². The molecule has 4 N–H and O–H groups in total. The third kappa shape index (κ3) is 31.3. The molecule has 0 saturated heterocycles. The first-order valence-electron chi connectivity index (χ1n) is 18.2. The first-order valence-corrected chi connectivity index (χ1v) is 19.7. The number of carbonyl (C=O) groups excluding carboxylic acids is 2. The Morgan fingerprint density at radius 3 is 1.66 bits per heavy atom. The van der Waals surface area contributed by atoms with Crippen LogP contribution in [0, 0.1) is 0 Å². The Morgan fingerprint density at radius 2 is 1.11 bits per heavy atom. The van der Waals surface area contributed by atoms with Crippen molar-refractivity contribution >= 4 is 25.7 Å². The molecule has 0 spiro atoms. The third-order valence-electron chi connectivity index (χ3n) is 7.80. The number of rotatable bonds is 34.